The summed E-state index contributed by atoms with van der Waals surface area (Å²) in [6, 6.07) is 8.43. The Morgan fingerprint density at radius 2 is 1.90 bits per heavy atom. The molecule has 1 aliphatic heterocycles. The summed E-state index contributed by atoms with van der Waals surface area (Å²) in [5.41, 5.74) is 1.19. The van der Waals surface area contributed by atoms with Crippen LogP contribution in [0.5, 0.6) is 5.75 Å². The highest BCUT2D eigenvalue weighted by Gasteiger charge is 2.29. The fourth-order valence-corrected chi connectivity index (χ4v) is 3.78. The maximum Gasteiger partial charge on any atom is 0.223 e. The van der Waals surface area contributed by atoms with E-state index in [-0.39, 0.29) is 17.9 Å². The van der Waals surface area contributed by atoms with E-state index in [1.54, 1.807) is 7.11 Å². The van der Waals surface area contributed by atoms with Crippen molar-refractivity contribution in [3.63, 3.8) is 0 Å². The number of benzene rings is 1. The summed E-state index contributed by atoms with van der Waals surface area (Å²) in [4.78, 5) is 19.1. The van der Waals surface area contributed by atoms with Gasteiger partial charge < -0.3 is 20.7 Å². The molecule has 1 aromatic carbocycles. The molecule has 160 valence electrons. The van der Waals surface area contributed by atoms with Gasteiger partial charge in [0.15, 0.2) is 5.96 Å². The molecule has 3 N–H and O–H groups in total. The second-order valence-corrected chi connectivity index (χ2v) is 7.71. The minimum absolute atomic E-state index is 0.180. The van der Waals surface area contributed by atoms with Crippen LogP contribution in [0.25, 0.3) is 0 Å². The lowest BCUT2D eigenvalue weighted by molar-refractivity contribution is -0.122. The lowest BCUT2D eigenvalue weighted by atomic mass is 10.0. The Bertz CT molecular complexity index is 684. The number of nitrogens with one attached hydrogen (secondary N) is 3. The van der Waals surface area contributed by atoms with E-state index < -0.39 is 0 Å². The summed E-state index contributed by atoms with van der Waals surface area (Å²) >= 11 is 0. The zero-order valence-electron chi connectivity index (χ0n) is 17.7. The predicted molar refractivity (Wildman–Crippen MR) is 116 cm³/mol. The van der Waals surface area contributed by atoms with Crippen LogP contribution < -0.4 is 20.7 Å². The number of rotatable bonds is 10. The molecule has 7 nitrogen and oxygen atoms in total. The van der Waals surface area contributed by atoms with E-state index >= 15 is 0 Å². The number of carbonyl (C=O) groups excluding carboxylic acids is 1. The number of methoxy groups -OCH3 is 1. The number of amides is 1. The maximum absolute atomic E-state index is 11.8. The van der Waals surface area contributed by atoms with Gasteiger partial charge in [0.05, 0.1) is 19.7 Å². The zero-order chi connectivity index (χ0) is 20.5. The Hall–Kier alpha value is -2.28. The highest BCUT2D eigenvalue weighted by molar-refractivity contribution is 5.81. The molecule has 1 atom stereocenters. The van der Waals surface area contributed by atoms with Crippen molar-refractivity contribution < 1.29 is 9.53 Å². The van der Waals surface area contributed by atoms with Crippen LogP contribution in [-0.4, -0.2) is 63.1 Å². The van der Waals surface area contributed by atoms with E-state index in [9.17, 15) is 4.79 Å². The van der Waals surface area contributed by atoms with E-state index in [4.69, 9.17) is 9.73 Å². The smallest absolute Gasteiger partial charge is 0.223 e. The number of para-hydroxylation sites is 1. The number of carbonyl (C=O) groups is 1. The Kier molecular flexibility index (Phi) is 8.16. The van der Waals surface area contributed by atoms with Gasteiger partial charge in [-0.05, 0) is 51.8 Å². The summed E-state index contributed by atoms with van der Waals surface area (Å²) in [6.45, 7) is 6.97. The first-order valence-electron chi connectivity index (χ1n) is 10.9. The van der Waals surface area contributed by atoms with Gasteiger partial charge in [0.1, 0.15) is 5.75 Å². The summed E-state index contributed by atoms with van der Waals surface area (Å²) in [5.74, 6) is 2.13. The van der Waals surface area contributed by atoms with Crippen LogP contribution in [-0.2, 0) is 4.79 Å². The SMILES string of the molecule is CCNC(=NCC(c1ccccc1OC)N1CCCC1)NCCNC(=O)C1CC1. The van der Waals surface area contributed by atoms with Gasteiger partial charge in [-0.1, -0.05) is 18.2 Å². The molecule has 2 aliphatic rings. The Balaban J connectivity index is 1.61. The second kappa shape index (κ2) is 11.0. The molecular weight excluding hydrogens is 366 g/mol. The summed E-state index contributed by atoms with van der Waals surface area (Å²) in [7, 11) is 1.73. The number of likely N-dealkylation sites (tertiary alicyclic amines) is 1. The minimum atomic E-state index is 0.180. The van der Waals surface area contributed by atoms with Crippen molar-refractivity contribution in [1.82, 2.24) is 20.9 Å². The van der Waals surface area contributed by atoms with Gasteiger partial charge in [-0.25, -0.2) is 0 Å². The number of hydrogen-bond donors (Lipinski definition) is 3. The predicted octanol–water partition coefficient (Wildman–Crippen LogP) is 1.91. The number of guanidine groups is 1. The molecule has 3 rings (SSSR count). The molecular formula is C22H35N5O2. The topological polar surface area (TPSA) is 78.0 Å². The molecule has 1 saturated heterocycles. The van der Waals surface area contributed by atoms with Gasteiger partial charge in [0.25, 0.3) is 0 Å². The van der Waals surface area contributed by atoms with E-state index in [0.717, 1.165) is 44.2 Å². The standard InChI is InChI=1S/C22H35N5O2/c1-3-23-22(25-13-12-24-21(28)17-10-11-17)26-16-19(27-14-6-7-15-27)18-8-4-5-9-20(18)29-2/h4-5,8-9,17,19H,3,6-7,10-16H2,1-2H3,(H,24,28)(H2,23,25,26). The van der Waals surface area contributed by atoms with Crippen molar-refractivity contribution in [3.8, 4) is 5.75 Å². The Morgan fingerprint density at radius 3 is 2.59 bits per heavy atom. The number of nitrogens with zero attached hydrogens (tertiary/aromatic N) is 2. The van der Waals surface area contributed by atoms with E-state index in [1.807, 2.05) is 12.1 Å². The van der Waals surface area contributed by atoms with Gasteiger partial charge in [0, 0.05) is 31.1 Å². The average molecular weight is 402 g/mol. The fraction of sp³-hybridized carbons (Fsp3) is 0.636. The quantitative estimate of drug-likeness (QED) is 0.317. The van der Waals surface area contributed by atoms with Crippen molar-refractivity contribution in [3.05, 3.63) is 29.8 Å². The molecule has 29 heavy (non-hydrogen) atoms. The summed E-state index contributed by atoms with van der Waals surface area (Å²) < 4.78 is 5.62. The lowest BCUT2D eigenvalue weighted by Crippen LogP contribution is -2.42. The van der Waals surface area contributed by atoms with Crippen LogP contribution in [0.4, 0.5) is 0 Å². The summed E-state index contributed by atoms with van der Waals surface area (Å²) in [5, 5.41) is 9.63. The van der Waals surface area contributed by atoms with Gasteiger partial charge in [-0.3, -0.25) is 14.7 Å². The zero-order valence-corrected chi connectivity index (χ0v) is 17.7. The molecule has 0 bridgehead atoms. The van der Waals surface area contributed by atoms with Crippen molar-refractivity contribution in [2.24, 2.45) is 10.9 Å². The van der Waals surface area contributed by atoms with Crippen molar-refractivity contribution in [2.75, 3.05) is 46.4 Å². The highest BCUT2D eigenvalue weighted by Crippen LogP contribution is 2.32. The van der Waals surface area contributed by atoms with Crippen LogP contribution in [0.1, 0.15) is 44.2 Å². The van der Waals surface area contributed by atoms with E-state index in [1.165, 1.54) is 18.4 Å². The molecule has 0 radical (unpaired) electrons. The second-order valence-electron chi connectivity index (χ2n) is 7.71. The molecule has 2 fully saturated rings. The van der Waals surface area contributed by atoms with Crippen molar-refractivity contribution in [2.45, 2.75) is 38.6 Å². The van der Waals surface area contributed by atoms with Gasteiger partial charge >= 0.3 is 0 Å². The normalized spacial score (nSPS) is 18.3. The molecule has 7 heteroatoms. The Labute approximate surface area is 174 Å². The molecule has 0 spiro atoms. The first kappa shape index (κ1) is 21.4. The number of ether oxygens (including phenoxy) is 1. The molecule has 1 saturated carbocycles. The fourth-order valence-electron chi connectivity index (χ4n) is 3.78. The molecule has 1 aromatic rings. The molecule has 1 heterocycles. The first-order valence-corrected chi connectivity index (χ1v) is 10.9. The van der Waals surface area contributed by atoms with Crippen LogP contribution in [0, 0.1) is 5.92 Å². The van der Waals surface area contributed by atoms with Crippen LogP contribution >= 0.6 is 0 Å². The molecule has 1 unspecified atom stereocenters. The van der Waals surface area contributed by atoms with Crippen molar-refractivity contribution >= 4 is 11.9 Å². The molecule has 1 amide bonds. The van der Waals surface area contributed by atoms with Crippen LogP contribution in [0.3, 0.4) is 0 Å². The van der Waals surface area contributed by atoms with Gasteiger partial charge in [-0.15, -0.1) is 0 Å². The summed E-state index contributed by atoms with van der Waals surface area (Å²) in [6.07, 6.45) is 4.52. The third kappa shape index (κ3) is 6.35. The minimum Gasteiger partial charge on any atom is -0.496 e. The number of aliphatic imine (C=N–C) groups is 1. The van der Waals surface area contributed by atoms with E-state index in [2.05, 4.69) is 39.9 Å². The third-order valence-electron chi connectivity index (χ3n) is 5.51. The largest absolute Gasteiger partial charge is 0.496 e. The van der Waals surface area contributed by atoms with Crippen LogP contribution in [0.15, 0.2) is 29.3 Å². The molecule has 1 aliphatic carbocycles. The monoisotopic (exact) mass is 401 g/mol. The lowest BCUT2D eigenvalue weighted by Gasteiger charge is -2.28. The third-order valence-corrected chi connectivity index (χ3v) is 5.51. The van der Waals surface area contributed by atoms with Crippen molar-refractivity contribution in [1.29, 1.82) is 0 Å². The Morgan fingerprint density at radius 1 is 1.17 bits per heavy atom. The highest BCUT2D eigenvalue weighted by atomic mass is 16.5. The van der Waals surface area contributed by atoms with Crippen LogP contribution in [0.2, 0.25) is 0 Å². The maximum atomic E-state index is 11.8. The average Bonchev–Trinajstić information content (AvgIpc) is 3.47. The van der Waals surface area contributed by atoms with Gasteiger partial charge in [0.2, 0.25) is 5.91 Å². The number of hydrogen-bond acceptors (Lipinski definition) is 4. The first-order chi connectivity index (χ1) is 14.2. The van der Waals surface area contributed by atoms with E-state index in [0.29, 0.717) is 19.6 Å². The molecule has 0 aromatic heterocycles. The van der Waals surface area contributed by atoms with Gasteiger partial charge in [-0.2, -0.15) is 0 Å².